The molecule has 0 unspecified atom stereocenters. The Hall–Kier alpha value is -3.33. The van der Waals surface area contributed by atoms with Crippen LogP contribution in [-0.2, 0) is 9.59 Å². The van der Waals surface area contributed by atoms with E-state index in [0.717, 1.165) is 12.1 Å². The normalized spacial score (nSPS) is 20.3. The number of rotatable bonds is 4. The molecule has 2 aromatic rings. The van der Waals surface area contributed by atoms with Crippen molar-refractivity contribution in [2.24, 2.45) is 0 Å². The van der Waals surface area contributed by atoms with Gasteiger partial charge in [-0.25, -0.2) is 8.78 Å². The van der Waals surface area contributed by atoms with Crippen LogP contribution >= 0.6 is 0 Å². The Morgan fingerprint density at radius 1 is 1.20 bits per heavy atom. The van der Waals surface area contributed by atoms with Gasteiger partial charge in [-0.15, -0.1) is 0 Å². The second kappa shape index (κ2) is 7.83. The summed E-state index contributed by atoms with van der Waals surface area (Å²) in [4.78, 5) is 39.2. The maximum atomic E-state index is 14.2. The quantitative estimate of drug-likeness (QED) is 0.678. The smallest absolute Gasteiger partial charge is 0.275 e. The van der Waals surface area contributed by atoms with Gasteiger partial charge in [0.1, 0.15) is 17.7 Å². The summed E-state index contributed by atoms with van der Waals surface area (Å²) in [6.07, 6.45) is 0.320. The van der Waals surface area contributed by atoms with Gasteiger partial charge < -0.3 is 20.9 Å². The first-order valence-corrected chi connectivity index (χ1v) is 9.66. The zero-order valence-electron chi connectivity index (χ0n) is 16.2. The monoisotopic (exact) mass is 415 g/mol. The van der Waals surface area contributed by atoms with Crippen LogP contribution in [0.2, 0.25) is 0 Å². The van der Waals surface area contributed by atoms with Gasteiger partial charge in [-0.05, 0) is 36.2 Å². The Balaban J connectivity index is 1.64. The number of carbonyl (C=O) groups is 3. The number of halogens is 2. The molecular weight excluding hydrogens is 394 g/mol. The zero-order valence-corrected chi connectivity index (χ0v) is 16.2. The minimum absolute atomic E-state index is 0.154. The molecule has 0 bridgehead atoms. The fourth-order valence-electron chi connectivity index (χ4n) is 3.98. The van der Waals surface area contributed by atoms with Crippen LogP contribution in [0.1, 0.15) is 16.8 Å². The minimum Gasteiger partial charge on any atom is -0.347 e. The first kappa shape index (κ1) is 20.0. The molecule has 2 heterocycles. The molecule has 3 amide bonds. The van der Waals surface area contributed by atoms with Crippen molar-refractivity contribution in [2.75, 3.05) is 25.5 Å². The molecule has 7 nitrogen and oxygen atoms in total. The predicted octanol–water partition coefficient (Wildman–Crippen LogP) is 0.476. The lowest BCUT2D eigenvalue weighted by Crippen LogP contribution is -2.82. The van der Waals surface area contributed by atoms with Gasteiger partial charge in [-0.2, -0.15) is 0 Å². The molecule has 30 heavy (non-hydrogen) atoms. The summed E-state index contributed by atoms with van der Waals surface area (Å²) in [5.74, 6) is -2.31. The minimum atomic E-state index is -0.741. The van der Waals surface area contributed by atoms with Crippen LogP contribution < -0.4 is 16.0 Å². The summed E-state index contributed by atoms with van der Waals surface area (Å²) >= 11 is 0. The van der Waals surface area contributed by atoms with Crippen LogP contribution in [0.3, 0.4) is 0 Å². The number of fused-ring (bicyclic) bond motifs is 2. The molecule has 2 aliphatic rings. The summed E-state index contributed by atoms with van der Waals surface area (Å²) in [6, 6.07) is 6.82. The molecule has 9 heteroatoms. The molecule has 2 aliphatic heterocycles. The van der Waals surface area contributed by atoms with Crippen LogP contribution in [0, 0.1) is 11.6 Å². The lowest BCUT2D eigenvalue weighted by Gasteiger charge is -2.20. The van der Waals surface area contributed by atoms with E-state index in [0.29, 0.717) is 17.7 Å². The van der Waals surface area contributed by atoms with Crippen LogP contribution in [0.4, 0.5) is 14.5 Å². The first-order chi connectivity index (χ1) is 14.4. The molecule has 4 rings (SSSR count). The highest BCUT2D eigenvalue weighted by atomic mass is 19.1. The van der Waals surface area contributed by atoms with Crippen LogP contribution in [0.25, 0.3) is 11.1 Å². The number of carbonyl (C=O) groups excluding carboxylic acids is 3. The number of hydrogen-bond acceptors (Lipinski definition) is 3. The van der Waals surface area contributed by atoms with E-state index in [1.165, 1.54) is 17.0 Å². The number of anilines is 1. The maximum absolute atomic E-state index is 14.2. The van der Waals surface area contributed by atoms with Crippen LogP contribution in [-0.4, -0.2) is 54.8 Å². The molecule has 2 atom stereocenters. The molecule has 0 radical (unpaired) electrons. The van der Waals surface area contributed by atoms with E-state index in [1.54, 1.807) is 24.5 Å². The number of amides is 3. The Kier molecular flexibility index (Phi) is 5.21. The van der Waals surface area contributed by atoms with Crippen molar-refractivity contribution >= 4 is 23.4 Å². The van der Waals surface area contributed by atoms with Gasteiger partial charge in [0.15, 0.2) is 6.54 Å². The van der Waals surface area contributed by atoms with E-state index in [9.17, 15) is 23.2 Å². The Bertz CT molecular complexity index is 1040. The van der Waals surface area contributed by atoms with Crippen molar-refractivity contribution in [1.82, 2.24) is 10.2 Å². The van der Waals surface area contributed by atoms with Crippen molar-refractivity contribution in [3.05, 3.63) is 53.6 Å². The topological polar surface area (TPSA) is 95.1 Å². The molecule has 1 saturated heterocycles. The number of hydrogen-bond donors (Lipinski definition) is 3. The molecule has 4 N–H and O–H groups in total. The van der Waals surface area contributed by atoms with Gasteiger partial charge in [0, 0.05) is 24.2 Å². The summed E-state index contributed by atoms with van der Waals surface area (Å²) in [7, 11) is 1.77. The number of likely N-dealkylation sites (N-methyl/N-ethyl adjacent to an activating group) is 1. The Morgan fingerprint density at radius 2 is 2.00 bits per heavy atom. The third kappa shape index (κ3) is 3.63. The van der Waals surface area contributed by atoms with E-state index < -0.39 is 17.7 Å². The van der Waals surface area contributed by atoms with Gasteiger partial charge in [0.05, 0.1) is 18.3 Å². The highest BCUT2D eigenvalue weighted by Gasteiger charge is 2.43. The number of nitrogens with one attached hydrogen (secondary N) is 2. The average molecular weight is 415 g/mol. The van der Waals surface area contributed by atoms with Gasteiger partial charge in [0.25, 0.3) is 11.8 Å². The van der Waals surface area contributed by atoms with Gasteiger partial charge >= 0.3 is 0 Å². The molecule has 2 aromatic carbocycles. The fourth-order valence-corrected chi connectivity index (χ4v) is 3.98. The molecule has 0 aromatic heterocycles. The SMILES string of the molecule is C[NH2+]CC(=O)N[C@H]1C[C@H]2C(=O)Nc3ccc(-c4ccc(F)cc4F)cc3C(=O)N2C1. The first-order valence-electron chi connectivity index (χ1n) is 9.66. The summed E-state index contributed by atoms with van der Waals surface area (Å²) < 4.78 is 27.4. The number of nitrogens with zero attached hydrogens (tertiary/aromatic N) is 1. The number of quaternary nitrogens is 1. The third-order valence-corrected chi connectivity index (χ3v) is 5.37. The number of benzene rings is 2. The summed E-state index contributed by atoms with van der Waals surface area (Å²) in [5, 5.41) is 7.32. The van der Waals surface area contributed by atoms with Crippen molar-refractivity contribution in [2.45, 2.75) is 18.5 Å². The molecular formula is C21H21F2N4O3+. The van der Waals surface area contributed by atoms with Gasteiger partial charge in [0.2, 0.25) is 5.91 Å². The molecule has 0 spiro atoms. The third-order valence-electron chi connectivity index (χ3n) is 5.37. The maximum Gasteiger partial charge on any atom is 0.275 e. The predicted molar refractivity (Wildman–Crippen MR) is 105 cm³/mol. The lowest BCUT2D eigenvalue weighted by atomic mass is 10.0. The highest BCUT2D eigenvalue weighted by molar-refractivity contribution is 6.10. The summed E-state index contributed by atoms with van der Waals surface area (Å²) in [6.45, 7) is 0.470. The van der Waals surface area contributed by atoms with Gasteiger partial charge in [-0.1, -0.05) is 6.07 Å². The van der Waals surface area contributed by atoms with E-state index >= 15 is 0 Å². The number of nitrogens with two attached hydrogens (primary N) is 1. The van der Waals surface area contributed by atoms with E-state index in [4.69, 9.17) is 0 Å². The van der Waals surface area contributed by atoms with Gasteiger partial charge in [-0.3, -0.25) is 14.4 Å². The standard InChI is InChI=1S/C21H20F2N4O3/c1-24-9-19(28)25-13-8-18-20(29)26-17-5-2-11(6-15(17)21(30)27(18)10-13)14-4-3-12(22)7-16(14)23/h2-7,13,18,24H,8-10H2,1H3,(H,25,28)(H,26,29)/p+1/t13-,18-/m0/s1. The van der Waals surface area contributed by atoms with Crippen molar-refractivity contribution in [3.63, 3.8) is 0 Å². The molecule has 0 saturated carbocycles. The lowest BCUT2D eigenvalue weighted by molar-refractivity contribution is -0.615. The second-order valence-corrected chi connectivity index (χ2v) is 7.46. The van der Waals surface area contributed by atoms with Crippen molar-refractivity contribution < 1.29 is 28.5 Å². The molecule has 0 aliphatic carbocycles. The Morgan fingerprint density at radius 3 is 2.73 bits per heavy atom. The van der Waals surface area contributed by atoms with Crippen molar-refractivity contribution in [1.29, 1.82) is 0 Å². The van der Waals surface area contributed by atoms with Crippen molar-refractivity contribution in [3.8, 4) is 11.1 Å². The zero-order chi connectivity index (χ0) is 21.4. The summed E-state index contributed by atoms with van der Waals surface area (Å²) in [5.41, 5.74) is 1.11. The molecule has 1 fully saturated rings. The van der Waals surface area contributed by atoms with Crippen LogP contribution in [0.15, 0.2) is 36.4 Å². The average Bonchev–Trinajstić information content (AvgIpc) is 3.08. The Labute approximate surface area is 171 Å². The fraction of sp³-hybridized carbons (Fsp3) is 0.286. The van der Waals surface area contributed by atoms with Crippen LogP contribution in [0.5, 0.6) is 0 Å². The highest BCUT2D eigenvalue weighted by Crippen LogP contribution is 2.33. The van der Waals surface area contributed by atoms with E-state index in [-0.39, 0.29) is 48.0 Å². The van der Waals surface area contributed by atoms with E-state index in [1.807, 2.05) is 0 Å². The molecule has 156 valence electrons. The van der Waals surface area contributed by atoms with E-state index in [2.05, 4.69) is 10.6 Å². The second-order valence-electron chi connectivity index (χ2n) is 7.46. The largest absolute Gasteiger partial charge is 0.347 e.